The number of hydrogen-bond acceptors (Lipinski definition) is 4. The number of benzene rings is 1. The molecule has 1 fully saturated rings. The molecule has 7 nitrogen and oxygen atoms in total. The molecule has 146 valence electrons. The van der Waals surface area contributed by atoms with Gasteiger partial charge in [-0.3, -0.25) is 9.48 Å². The number of aryl methyl sites for hydroxylation is 1. The molecular formula is C20H22N4O3S. The molecule has 1 aromatic heterocycles. The molecule has 1 saturated heterocycles. The maximum absolute atomic E-state index is 13.5. The highest BCUT2D eigenvalue weighted by Crippen LogP contribution is 2.42. The smallest absolute Gasteiger partial charge is 0.243 e. The average molecular weight is 398 g/mol. The molecule has 4 heterocycles. The number of likely N-dealkylation sites (N-methyl/N-ethyl adjacent to an activating group) is 1. The second-order valence-corrected chi connectivity index (χ2v) is 9.63. The van der Waals surface area contributed by atoms with E-state index in [0.717, 1.165) is 29.8 Å². The lowest BCUT2D eigenvalue weighted by Gasteiger charge is -2.33. The Morgan fingerprint density at radius 2 is 1.96 bits per heavy atom. The molecule has 8 heteroatoms. The molecule has 5 rings (SSSR count). The van der Waals surface area contributed by atoms with Gasteiger partial charge in [-0.2, -0.15) is 9.40 Å². The Morgan fingerprint density at radius 1 is 1.14 bits per heavy atom. The van der Waals surface area contributed by atoms with Gasteiger partial charge in [0.25, 0.3) is 0 Å². The summed E-state index contributed by atoms with van der Waals surface area (Å²) in [5, 5.41) is 4.24. The van der Waals surface area contributed by atoms with Crippen molar-refractivity contribution in [3.63, 3.8) is 0 Å². The third kappa shape index (κ3) is 2.48. The molecule has 1 amide bonds. The quantitative estimate of drug-likeness (QED) is 0.792. The molecule has 1 aromatic carbocycles. The molecule has 0 aliphatic carbocycles. The van der Waals surface area contributed by atoms with Crippen LogP contribution in [-0.4, -0.2) is 47.5 Å². The van der Waals surface area contributed by atoms with E-state index >= 15 is 0 Å². The largest absolute Gasteiger partial charge is 0.315 e. The fourth-order valence-electron chi connectivity index (χ4n) is 4.77. The van der Waals surface area contributed by atoms with Crippen LogP contribution in [0.2, 0.25) is 0 Å². The second-order valence-electron chi connectivity index (χ2n) is 7.79. The lowest BCUT2D eigenvalue weighted by Crippen LogP contribution is -2.42. The summed E-state index contributed by atoms with van der Waals surface area (Å²) in [7, 11) is 0.00669. The van der Waals surface area contributed by atoms with Crippen molar-refractivity contribution < 1.29 is 13.2 Å². The number of sulfonamides is 1. The number of amides is 1. The van der Waals surface area contributed by atoms with E-state index in [9.17, 15) is 13.2 Å². The van der Waals surface area contributed by atoms with Gasteiger partial charge in [0.1, 0.15) is 0 Å². The fraction of sp³-hybridized carbons (Fsp3) is 0.400. The van der Waals surface area contributed by atoms with E-state index in [4.69, 9.17) is 0 Å². The molecule has 3 aliphatic rings. The minimum Gasteiger partial charge on any atom is -0.315 e. The Bertz CT molecular complexity index is 1120. The number of nitrogens with zero attached hydrogens (tertiary/aromatic N) is 4. The Labute approximate surface area is 164 Å². The minimum atomic E-state index is -3.62. The average Bonchev–Trinajstić information content (AvgIpc) is 3.30. The number of carbonyl (C=O) groups excluding carboxylic acids is 1. The van der Waals surface area contributed by atoms with Crippen molar-refractivity contribution in [2.75, 3.05) is 11.9 Å². The number of hydrogen-bond donors (Lipinski definition) is 0. The van der Waals surface area contributed by atoms with Gasteiger partial charge in [0.15, 0.2) is 0 Å². The predicted molar refractivity (Wildman–Crippen MR) is 105 cm³/mol. The molecule has 2 unspecified atom stereocenters. The zero-order chi connectivity index (χ0) is 19.6. The van der Waals surface area contributed by atoms with Gasteiger partial charge in [0.2, 0.25) is 15.9 Å². The fourth-order valence-corrected chi connectivity index (χ4v) is 6.64. The van der Waals surface area contributed by atoms with Gasteiger partial charge in [0, 0.05) is 38.1 Å². The van der Waals surface area contributed by atoms with E-state index in [1.807, 2.05) is 17.8 Å². The molecule has 28 heavy (non-hydrogen) atoms. The highest BCUT2D eigenvalue weighted by atomic mass is 32.2. The zero-order valence-corrected chi connectivity index (χ0v) is 16.7. The number of fused-ring (bicyclic) bond motifs is 3. The van der Waals surface area contributed by atoms with Crippen molar-refractivity contribution in [1.29, 1.82) is 0 Å². The first-order valence-corrected chi connectivity index (χ1v) is 10.9. The van der Waals surface area contributed by atoms with Gasteiger partial charge in [-0.15, -0.1) is 0 Å². The van der Waals surface area contributed by atoms with Crippen LogP contribution in [0, 0.1) is 0 Å². The third-order valence-corrected chi connectivity index (χ3v) is 8.16. The van der Waals surface area contributed by atoms with E-state index in [1.54, 1.807) is 40.6 Å². The summed E-state index contributed by atoms with van der Waals surface area (Å²) in [5.41, 5.74) is 3.79. The highest BCUT2D eigenvalue weighted by molar-refractivity contribution is 7.89. The molecular weight excluding hydrogens is 376 g/mol. The molecule has 0 radical (unpaired) electrons. The summed E-state index contributed by atoms with van der Waals surface area (Å²) in [6, 6.07) is 6.85. The van der Waals surface area contributed by atoms with Gasteiger partial charge in [-0.25, -0.2) is 8.42 Å². The van der Waals surface area contributed by atoms with Crippen molar-refractivity contribution in [1.82, 2.24) is 14.1 Å². The third-order valence-electron chi connectivity index (χ3n) is 6.18. The van der Waals surface area contributed by atoms with Crippen LogP contribution in [0.4, 0.5) is 5.69 Å². The summed E-state index contributed by atoms with van der Waals surface area (Å²) in [4.78, 5) is 13.8. The first kappa shape index (κ1) is 17.6. The zero-order valence-electron chi connectivity index (χ0n) is 15.9. The van der Waals surface area contributed by atoms with Gasteiger partial charge < -0.3 is 4.90 Å². The summed E-state index contributed by atoms with van der Waals surface area (Å²) in [5.74, 6) is -0.00802. The molecule has 0 spiro atoms. The van der Waals surface area contributed by atoms with Gasteiger partial charge >= 0.3 is 0 Å². The first-order valence-electron chi connectivity index (χ1n) is 9.48. The highest BCUT2D eigenvalue weighted by Gasteiger charge is 2.45. The van der Waals surface area contributed by atoms with Crippen molar-refractivity contribution in [2.45, 2.75) is 42.7 Å². The monoisotopic (exact) mass is 398 g/mol. The van der Waals surface area contributed by atoms with Gasteiger partial charge in [-0.05, 0) is 54.7 Å². The van der Waals surface area contributed by atoms with Crippen molar-refractivity contribution >= 4 is 27.2 Å². The maximum atomic E-state index is 13.5. The number of anilines is 1. The van der Waals surface area contributed by atoms with Crippen molar-refractivity contribution in [2.24, 2.45) is 7.05 Å². The normalized spacial score (nSPS) is 24.6. The first-order chi connectivity index (χ1) is 13.4. The number of carbonyl (C=O) groups is 1. The van der Waals surface area contributed by atoms with E-state index in [0.29, 0.717) is 6.42 Å². The molecule has 2 bridgehead atoms. The van der Waals surface area contributed by atoms with E-state index in [-0.39, 0.29) is 29.3 Å². The van der Waals surface area contributed by atoms with Crippen LogP contribution in [0.3, 0.4) is 0 Å². The Kier molecular flexibility index (Phi) is 3.79. The maximum Gasteiger partial charge on any atom is 0.243 e. The Balaban J connectivity index is 1.50. The predicted octanol–water partition coefficient (Wildman–Crippen LogP) is 1.95. The summed E-state index contributed by atoms with van der Waals surface area (Å²) >= 11 is 0. The number of aromatic nitrogens is 2. The topological polar surface area (TPSA) is 75.5 Å². The second kappa shape index (κ2) is 6.02. The van der Waals surface area contributed by atoms with Crippen LogP contribution in [0.5, 0.6) is 0 Å². The van der Waals surface area contributed by atoms with Crippen LogP contribution in [-0.2, 0) is 28.3 Å². The van der Waals surface area contributed by atoms with Crippen LogP contribution in [0.25, 0.3) is 5.57 Å². The molecule has 0 saturated carbocycles. The molecule has 2 aromatic rings. The minimum absolute atomic E-state index is 0.00802. The van der Waals surface area contributed by atoms with Crippen LogP contribution < -0.4 is 4.90 Å². The van der Waals surface area contributed by atoms with Crippen molar-refractivity contribution in [3.8, 4) is 0 Å². The van der Waals surface area contributed by atoms with Gasteiger partial charge in [0.05, 0.1) is 17.0 Å². The number of rotatable bonds is 3. The van der Waals surface area contributed by atoms with E-state index < -0.39 is 10.0 Å². The van der Waals surface area contributed by atoms with Crippen molar-refractivity contribution in [3.05, 3.63) is 47.8 Å². The summed E-state index contributed by atoms with van der Waals surface area (Å²) in [6.45, 7) is 0. The van der Waals surface area contributed by atoms with Crippen LogP contribution in [0.1, 0.15) is 30.5 Å². The summed E-state index contributed by atoms with van der Waals surface area (Å²) < 4.78 is 30.4. The molecule has 0 N–H and O–H groups in total. The standard InChI is InChI=1S/C20H22N4O3S/c1-22-18-6-5-17(11-14(18)12-20(22)25)28(26,27)24-15-3-4-16(24)10-13(9-15)19-7-8-21-23(19)2/h5-9,11,15-16H,3-4,10,12H2,1-2H3. The Hall–Kier alpha value is -2.45. The molecule has 3 aliphatic heterocycles. The van der Waals surface area contributed by atoms with E-state index in [2.05, 4.69) is 11.2 Å². The lowest BCUT2D eigenvalue weighted by molar-refractivity contribution is -0.117. The SMILES string of the molecule is CN1C(=O)Cc2cc(S(=O)(=O)N3C4C=C(c5ccnn5C)CC3CC4)ccc21. The Morgan fingerprint density at radius 3 is 2.68 bits per heavy atom. The van der Waals surface area contributed by atoms with Gasteiger partial charge in [-0.1, -0.05) is 6.08 Å². The molecule has 2 atom stereocenters. The van der Waals surface area contributed by atoms with Crippen LogP contribution >= 0.6 is 0 Å². The van der Waals surface area contributed by atoms with Crippen LogP contribution in [0.15, 0.2) is 41.4 Å². The summed E-state index contributed by atoms with van der Waals surface area (Å²) in [6.07, 6.45) is 6.49. The van der Waals surface area contributed by atoms with E-state index in [1.165, 1.54) is 5.57 Å². The lowest BCUT2D eigenvalue weighted by atomic mass is 10.0.